The normalized spacial score (nSPS) is 26.2. The van der Waals surface area contributed by atoms with Gasteiger partial charge in [-0.3, -0.25) is 9.36 Å². The van der Waals surface area contributed by atoms with Gasteiger partial charge in [-0.2, -0.15) is 4.98 Å². The summed E-state index contributed by atoms with van der Waals surface area (Å²) >= 11 is 12.2. The van der Waals surface area contributed by atoms with E-state index in [0.29, 0.717) is 55.2 Å². The van der Waals surface area contributed by atoms with Crippen LogP contribution in [0.25, 0.3) is 11.2 Å². The van der Waals surface area contributed by atoms with E-state index in [-0.39, 0.29) is 39.6 Å². The highest BCUT2D eigenvalue weighted by atomic mass is 35.5. The topological polar surface area (TPSA) is 131 Å². The van der Waals surface area contributed by atoms with Gasteiger partial charge in [-0.1, -0.05) is 23.2 Å². The number of imidazole rings is 1. The van der Waals surface area contributed by atoms with Gasteiger partial charge in [0.15, 0.2) is 5.65 Å². The number of hydrogen-bond donors (Lipinski definition) is 4. The van der Waals surface area contributed by atoms with Crippen LogP contribution in [0.2, 0.25) is 10.0 Å². The van der Waals surface area contributed by atoms with E-state index in [1.165, 1.54) is 12.1 Å². The molecule has 2 fully saturated rings. The number of anilines is 3. The van der Waals surface area contributed by atoms with Crippen LogP contribution in [-0.2, 0) is 4.79 Å². The van der Waals surface area contributed by atoms with E-state index >= 15 is 0 Å². The molecule has 198 valence electrons. The average Bonchev–Trinajstić information content (AvgIpc) is 3.18. The number of amides is 1. The van der Waals surface area contributed by atoms with Crippen molar-refractivity contribution in [2.75, 3.05) is 10.6 Å². The van der Waals surface area contributed by atoms with Crippen molar-refractivity contribution in [1.29, 1.82) is 0 Å². The Kier molecular flexibility index (Phi) is 7.17. The molecule has 0 aliphatic heterocycles. The van der Waals surface area contributed by atoms with Crippen molar-refractivity contribution >= 4 is 57.9 Å². The number of hydrogen-bond acceptors (Lipinski definition) is 7. The van der Waals surface area contributed by atoms with Crippen LogP contribution >= 0.6 is 23.2 Å². The van der Waals surface area contributed by atoms with Crippen LogP contribution < -0.4 is 16.4 Å². The predicted molar refractivity (Wildman–Crippen MR) is 142 cm³/mol. The maximum atomic E-state index is 14.8. The highest BCUT2D eigenvalue weighted by Crippen LogP contribution is 2.39. The molecular weight excluding hydrogens is 520 g/mol. The molecule has 2 aliphatic carbocycles. The highest BCUT2D eigenvalue weighted by molar-refractivity contribution is 6.36. The minimum absolute atomic E-state index is 0.0446. The van der Waals surface area contributed by atoms with Gasteiger partial charge >= 0.3 is 0 Å². The quantitative estimate of drug-likeness (QED) is 0.326. The van der Waals surface area contributed by atoms with Crippen molar-refractivity contribution in [3.8, 4) is 0 Å². The van der Waals surface area contributed by atoms with Gasteiger partial charge in [0.1, 0.15) is 11.3 Å². The van der Waals surface area contributed by atoms with Gasteiger partial charge in [-0.05, 0) is 70.4 Å². The fraction of sp³-hybridized carbons (Fsp3) is 0.520. The minimum atomic E-state index is -0.722. The molecule has 2 aliphatic rings. The van der Waals surface area contributed by atoms with Crippen LogP contribution in [0.3, 0.4) is 0 Å². The summed E-state index contributed by atoms with van der Waals surface area (Å²) < 4.78 is 16.7. The number of benzene rings is 1. The van der Waals surface area contributed by atoms with Crippen molar-refractivity contribution in [3.05, 3.63) is 34.2 Å². The van der Waals surface area contributed by atoms with Gasteiger partial charge in [0.05, 0.1) is 22.5 Å². The fourth-order valence-electron chi connectivity index (χ4n) is 5.56. The lowest BCUT2D eigenvalue weighted by Gasteiger charge is -2.34. The zero-order valence-corrected chi connectivity index (χ0v) is 22.0. The summed E-state index contributed by atoms with van der Waals surface area (Å²) in [5.74, 6) is -0.264. The Morgan fingerprint density at radius 1 is 1.22 bits per heavy atom. The third-order valence-corrected chi connectivity index (χ3v) is 7.94. The molecule has 2 saturated carbocycles. The molecule has 1 amide bonds. The Bertz CT molecular complexity index is 1300. The molecule has 12 heteroatoms. The summed E-state index contributed by atoms with van der Waals surface area (Å²) in [7, 11) is 0. The third kappa shape index (κ3) is 5.61. The van der Waals surface area contributed by atoms with Gasteiger partial charge in [0.2, 0.25) is 17.8 Å². The standard InChI is InChI=1S/C25H30Cl2FN7O2/c1-25(37)8-2-3-15(11-25)31-23-30-12-19-22(34-23)35(16-6-4-13(5-7-16)21(29)36)24(32-19)33-20-17(27)9-14(26)10-18(20)28/h9-10,12-13,15-16,37H,2-8,11H2,1H3,(H2,29,36)(H,32,33)(H,30,31,34)/t13?,15-,16?,25-/m0/s1. The van der Waals surface area contributed by atoms with Crippen LogP contribution in [0.1, 0.15) is 64.3 Å². The number of rotatable bonds is 6. The molecule has 9 nitrogen and oxygen atoms in total. The van der Waals surface area contributed by atoms with E-state index in [9.17, 15) is 14.3 Å². The van der Waals surface area contributed by atoms with Gasteiger partial charge in [0, 0.05) is 23.0 Å². The van der Waals surface area contributed by atoms with Gasteiger partial charge in [0.25, 0.3) is 0 Å². The van der Waals surface area contributed by atoms with Crippen LogP contribution in [-0.4, -0.2) is 42.2 Å². The number of primary amides is 1. The third-order valence-electron chi connectivity index (χ3n) is 7.43. The number of carbonyl (C=O) groups is 1. The summed E-state index contributed by atoms with van der Waals surface area (Å²) in [4.78, 5) is 25.6. The summed E-state index contributed by atoms with van der Waals surface area (Å²) in [5, 5.41) is 17.2. The Balaban J connectivity index is 1.51. The van der Waals surface area contributed by atoms with E-state index in [1.54, 1.807) is 6.20 Å². The molecule has 0 unspecified atom stereocenters. The van der Waals surface area contributed by atoms with Gasteiger partial charge < -0.3 is 21.5 Å². The number of aromatic nitrogens is 4. The highest BCUT2D eigenvalue weighted by Gasteiger charge is 2.32. The fourth-order valence-corrected chi connectivity index (χ4v) is 6.07. The maximum Gasteiger partial charge on any atom is 0.224 e. The SMILES string of the molecule is C[C@]1(O)CCC[C@H](Nc2ncc3nc(Nc4c(F)cc(Cl)cc4Cl)n(C4CCC(C(N)=O)CC4)c3n2)C1. The average molecular weight is 550 g/mol. The molecule has 2 aromatic heterocycles. The molecule has 3 aromatic rings. The minimum Gasteiger partial charge on any atom is -0.390 e. The van der Waals surface area contributed by atoms with E-state index < -0.39 is 11.4 Å². The second-order valence-corrected chi connectivity index (χ2v) is 11.3. The molecular formula is C25H30Cl2FN7O2. The van der Waals surface area contributed by atoms with Crippen molar-refractivity contribution in [1.82, 2.24) is 19.5 Å². The molecule has 5 rings (SSSR count). The summed E-state index contributed by atoms with van der Waals surface area (Å²) in [6.07, 6.45) is 7.47. The number of aliphatic hydroxyl groups is 1. The smallest absolute Gasteiger partial charge is 0.224 e. The number of nitrogens with two attached hydrogens (primary N) is 1. The summed E-state index contributed by atoms with van der Waals surface area (Å²) in [6, 6.07) is 2.64. The number of nitrogens with one attached hydrogen (secondary N) is 2. The Morgan fingerprint density at radius 2 is 1.97 bits per heavy atom. The van der Waals surface area contributed by atoms with Crippen molar-refractivity contribution in [2.45, 2.75) is 76.0 Å². The molecule has 0 radical (unpaired) electrons. The monoisotopic (exact) mass is 549 g/mol. The molecule has 2 atom stereocenters. The lowest BCUT2D eigenvalue weighted by molar-refractivity contribution is -0.122. The largest absolute Gasteiger partial charge is 0.390 e. The van der Waals surface area contributed by atoms with Gasteiger partial charge in [-0.15, -0.1) is 0 Å². The first-order valence-electron chi connectivity index (χ1n) is 12.5. The Morgan fingerprint density at radius 3 is 2.65 bits per heavy atom. The Hall–Kier alpha value is -2.69. The molecule has 0 bridgehead atoms. The van der Waals surface area contributed by atoms with Gasteiger partial charge in [-0.25, -0.2) is 14.4 Å². The van der Waals surface area contributed by atoms with Crippen LogP contribution in [0, 0.1) is 11.7 Å². The van der Waals surface area contributed by atoms with Crippen molar-refractivity contribution in [2.24, 2.45) is 11.7 Å². The Labute approximate surface area is 224 Å². The number of nitrogens with zero attached hydrogens (tertiary/aromatic N) is 4. The molecule has 0 spiro atoms. The first-order chi connectivity index (χ1) is 17.6. The lowest BCUT2D eigenvalue weighted by atomic mass is 9.83. The number of carbonyl (C=O) groups excluding carboxylic acids is 1. The number of fused-ring (bicyclic) bond motifs is 1. The lowest BCUT2D eigenvalue weighted by Crippen LogP contribution is -2.38. The molecule has 5 N–H and O–H groups in total. The molecule has 2 heterocycles. The molecule has 0 saturated heterocycles. The van der Waals surface area contributed by atoms with E-state index in [2.05, 4.69) is 20.6 Å². The van der Waals surface area contributed by atoms with E-state index in [0.717, 1.165) is 19.3 Å². The molecule has 37 heavy (non-hydrogen) atoms. The summed E-state index contributed by atoms with van der Waals surface area (Å²) in [6.45, 7) is 1.85. The van der Waals surface area contributed by atoms with Crippen LogP contribution in [0.15, 0.2) is 18.3 Å². The van der Waals surface area contributed by atoms with Crippen LogP contribution in [0.5, 0.6) is 0 Å². The second kappa shape index (κ2) is 10.2. The zero-order valence-electron chi connectivity index (χ0n) is 20.5. The van der Waals surface area contributed by atoms with Crippen LogP contribution in [0.4, 0.5) is 22.0 Å². The van der Waals surface area contributed by atoms with E-state index in [1.807, 2.05) is 11.5 Å². The second-order valence-electron chi connectivity index (χ2n) is 10.4. The first kappa shape index (κ1) is 25.9. The van der Waals surface area contributed by atoms with Crippen molar-refractivity contribution < 1.29 is 14.3 Å². The molecule has 1 aromatic carbocycles. The van der Waals surface area contributed by atoms with Crippen molar-refractivity contribution in [3.63, 3.8) is 0 Å². The zero-order chi connectivity index (χ0) is 26.3. The number of halogens is 3. The summed E-state index contributed by atoms with van der Waals surface area (Å²) in [5.41, 5.74) is 5.99. The predicted octanol–water partition coefficient (Wildman–Crippen LogP) is 5.34. The maximum absolute atomic E-state index is 14.8. The first-order valence-corrected chi connectivity index (χ1v) is 13.3. The van der Waals surface area contributed by atoms with E-state index in [4.69, 9.17) is 33.9 Å².